The van der Waals surface area contributed by atoms with Gasteiger partial charge in [-0.25, -0.2) is 4.68 Å². The Morgan fingerprint density at radius 2 is 1.97 bits per heavy atom. The fourth-order valence-corrected chi connectivity index (χ4v) is 3.47. The molecule has 3 rings (SSSR count). The lowest BCUT2D eigenvalue weighted by Gasteiger charge is -2.34. The van der Waals surface area contributed by atoms with Crippen LogP contribution in [0.15, 0.2) is 36.4 Å². The molecule has 0 aliphatic carbocycles. The molecule has 1 aliphatic rings. The monoisotopic (exact) mass is 426 g/mol. The van der Waals surface area contributed by atoms with Crippen LogP contribution in [0.2, 0.25) is 0 Å². The molecule has 166 valence electrons. The molecule has 1 aromatic heterocycles. The molecule has 31 heavy (non-hydrogen) atoms. The van der Waals surface area contributed by atoms with E-state index in [1.54, 1.807) is 13.0 Å². The van der Waals surface area contributed by atoms with E-state index in [4.69, 9.17) is 0 Å². The largest absolute Gasteiger partial charge is 0.348 e. The number of nitrogens with zero attached hydrogens (tertiary/aromatic N) is 2. The van der Waals surface area contributed by atoms with Crippen LogP contribution in [0.5, 0.6) is 0 Å². The molecule has 1 aromatic carbocycles. The maximum absolute atomic E-state index is 12.4. The molecule has 0 bridgehead atoms. The Kier molecular flexibility index (Phi) is 7.41. The van der Waals surface area contributed by atoms with Crippen LogP contribution in [-0.2, 0) is 20.8 Å². The summed E-state index contributed by atoms with van der Waals surface area (Å²) in [7, 11) is 0. The highest BCUT2D eigenvalue weighted by Gasteiger charge is 2.30. The minimum atomic E-state index is -0.775. The number of hydrogen-bond acceptors (Lipinski definition) is 5. The van der Waals surface area contributed by atoms with Gasteiger partial charge in [0, 0.05) is 25.1 Å². The first-order chi connectivity index (χ1) is 14.8. The Morgan fingerprint density at radius 1 is 1.23 bits per heavy atom. The van der Waals surface area contributed by atoms with Crippen molar-refractivity contribution in [1.29, 1.82) is 0 Å². The number of aryl methyl sites for hydroxylation is 2. The maximum Gasteiger partial charge on any atom is 0.314 e. The molecule has 1 fully saturated rings. The van der Waals surface area contributed by atoms with Crippen LogP contribution in [0, 0.1) is 12.8 Å². The van der Waals surface area contributed by atoms with Gasteiger partial charge >= 0.3 is 11.8 Å². The molecule has 3 amide bonds. The minimum absolute atomic E-state index is 0.0141. The van der Waals surface area contributed by atoms with Crippen molar-refractivity contribution in [2.24, 2.45) is 5.92 Å². The average Bonchev–Trinajstić information content (AvgIpc) is 3.11. The molecular formula is C22H30N6O3. The molecule has 0 saturated carbocycles. The van der Waals surface area contributed by atoms with Gasteiger partial charge in [-0.05, 0) is 31.2 Å². The minimum Gasteiger partial charge on any atom is -0.348 e. The molecule has 1 saturated heterocycles. The summed E-state index contributed by atoms with van der Waals surface area (Å²) in [5.41, 5.74) is 1.84. The third-order valence-corrected chi connectivity index (χ3v) is 5.20. The van der Waals surface area contributed by atoms with Crippen molar-refractivity contribution in [3.05, 3.63) is 47.7 Å². The molecule has 2 aromatic rings. The number of amides is 3. The molecular weight excluding hydrogens is 396 g/mol. The zero-order valence-corrected chi connectivity index (χ0v) is 18.1. The van der Waals surface area contributed by atoms with E-state index in [-0.39, 0.29) is 17.9 Å². The number of carbonyl (C=O) groups is 3. The summed E-state index contributed by atoms with van der Waals surface area (Å²) < 4.78 is 1.49. The lowest BCUT2D eigenvalue weighted by molar-refractivity contribution is -0.136. The summed E-state index contributed by atoms with van der Waals surface area (Å²) in [6.07, 6.45) is 1.32. The first-order valence-corrected chi connectivity index (χ1v) is 10.6. The highest BCUT2D eigenvalue weighted by Crippen LogP contribution is 2.19. The summed E-state index contributed by atoms with van der Waals surface area (Å²) in [6, 6.07) is 11.6. The number of hydrogen-bond donors (Lipinski definition) is 4. The van der Waals surface area contributed by atoms with E-state index in [0.29, 0.717) is 24.5 Å². The van der Waals surface area contributed by atoms with Crippen LogP contribution in [0.25, 0.3) is 0 Å². The lowest BCUT2D eigenvalue weighted by atomic mass is 9.99. The van der Waals surface area contributed by atoms with Crippen molar-refractivity contribution in [1.82, 2.24) is 25.7 Å². The van der Waals surface area contributed by atoms with Crippen LogP contribution < -0.4 is 21.3 Å². The van der Waals surface area contributed by atoms with E-state index in [0.717, 1.165) is 12.8 Å². The topological polar surface area (TPSA) is 117 Å². The van der Waals surface area contributed by atoms with E-state index >= 15 is 0 Å². The van der Waals surface area contributed by atoms with Crippen molar-refractivity contribution in [2.75, 3.05) is 11.9 Å². The Bertz CT molecular complexity index is 925. The van der Waals surface area contributed by atoms with Crippen LogP contribution >= 0.6 is 0 Å². The Labute approximate surface area is 182 Å². The molecule has 2 unspecified atom stereocenters. The molecule has 0 radical (unpaired) electrons. The predicted octanol–water partition coefficient (Wildman–Crippen LogP) is 1.47. The van der Waals surface area contributed by atoms with Crippen LogP contribution in [0.4, 0.5) is 5.82 Å². The van der Waals surface area contributed by atoms with Crippen molar-refractivity contribution >= 4 is 23.5 Å². The van der Waals surface area contributed by atoms with Crippen LogP contribution in [-0.4, -0.2) is 40.1 Å². The van der Waals surface area contributed by atoms with E-state index in [2.05, 4.69) is 26.4 Å². The number of benzene rings is 1. The van der Waals surface area contributed by atoms with E-state index in [9.17, 15) is 14.4 Å². The second-order valence-electron chi connectivity index (χ2n) is 8.11. The van der Waals surface area contributed by atoms with E-state index in [1.807, 2.05) is 44.2 Å². The van der Waals surface area contributed by atoms with Gasteiger partial charge in [0.25, 0.3) is 0 Å². The number of carbonyl (C=O) groups excluding carboxylic acids is 3. The molecule has 0 spiro atoms. The van der Waals surface area contributed by atoms with Gasteiger partial charge in [-0.1, -0.05) is 44.2 Å². The van der Waals surface area contributed by atoms with Crippen LogP contribution in [0.1, 0.15) is 44.2 Å². The number of anilines is 1. The van der Waals surface area contributed by atoms with Gasteiger partial charge in [-0.3, -0.25) is 19.7 Å². The SMILES string of the molecule is Cc1cc(NC(=O)C(=O)NCCCc2ccccc2)n(C2NC(=O)CC(C(C)C)N2)n1. The van der Waals surface area contributed by atoms with Crippen molar-refractivity contribution in [3.8, 4) is 0 Å². The molecule has 2 heterocycles. The average molecular weight is 427 g/mol. The van der Waals surface area contributed by atoms with Crippen molar-refractivity contribution in [2.45, 2.75) is 52.4 Å². The Balaban J connectivity index is 1.56. The second-order valence-corrected chi connectivity index (χ2v) is 8.11. The fourth-order valence-electron chi connectivity index (χ4n) is 3.47. The van der Waals surface area contributed by atoms with Gasteiger partial charge in [0.1, 0.15) is 5.82 Å². The summed E-state index contributed by atoms with van der Waals surface area (Å²) in [5, 5.41) is 15.8. The maximum atomic E-state index is 12.4. The molecule has 2 atom stereocenters. The van der Waals surface area contributed by atoms with Crippen molar-refractivity contribution in [3.63, 3.8) is 0 Å². The summed E-state index contributed by atoms with van der Waals surface area (Å²) in [4.78, 5) is 36.7. The first kappa shape index (κ1) is 22.5. The van der Waals surface area contributed by atoms with Gasteiger partial charge in [0.15, 0.2) is 6.29 Å². The smallest absolute Gasteiger partial charge is 0.314 e. The summed E-state index contributed by atoms with van der Waals surface area (Å²) in [6.45, 7) is 6.25. The zero-order valence-electron chi connectivity index (χ0n) is 18.1. The highest BCUT2D eigenvalue weighted by molar-refractivity contribution is 6.39. The molecule has 9 nitrogen and oxygen atoms in total. The Hall–Kier alpha value is -3.20. The van der Waals surface area contributed by atoms with Gasteiger partial charge in [0.05, 0.1) is 5.69 Å². The second kappa shape index (κ2) is 10.2. The molecule has 1 aliphatic heterocycles. The lowest BCUT2D eigenvalue weighted by Crippen LogP contribution is -2.55. The predicted molar refractivity (Wildman–Crippen MR) is 117 cm³/mol. The molecule has 4 N–H and O–H groups in total. The van der Waals surface area contributed by atoms with E-state index < -0.39 is 18.1 Å². The zero-order chi connectivity index (χ0) is 22.4. The number of nitrogens with one attached hydrogen (secondary N) is 4. The van der Waals surface area contributed by atoms with E-state index in [1.165, 1.54) is 10.2 Å². The summed E-state index contributed by atoms with van der Waals surface area (Å²) >= 11 is 0. The highest BCUT2D eigenvalue weighted by atomic mass is 16.2. The number of rotatable bonds is 7. The third-order valence-electron chi connectivity index (χ3n) is 5.20. The molecule has 9 heteroatoms. The standard InChI is InChI=1S/C22H30N6O3/c1-14(2)17-13-19(29)26-22(24-17)28-18(12-15(3)27-28)25-21(31)20(30)23-11-7-10-16-8-5-4-6-9-16/h4-6,8-9,12,14,17,22,24H,7,10-11,13H2,1-3H3,(H,23,30)(H,25,31)(H,26,29). The summed E-state index contributed by atoms with van der Waals surface area (Å²) in [5.74, 6) is -0.985. The van der Waals surface area contributed by atoms with Gasteiger partial charge in [-0.15, -0.1) is 0 Å². The van der Waals surface area contributed by atoms with Crippen molar-refractivity contribution < 1.29 is 14.4 Å². The third kappa shape index (κ3) is 6.14. The Morgan fingerprint density at radius 3 is 2.68 bits per heavy atom. The van der Waals surface area contributed by atoms with Gasteiger partial charge in [0.2, 0.25) is 5.91 Å². The van der Waals surface area contributed by atoms with Gasteiger partial charge < -0.3 is 16.0 Å². The normalized spacial score (nSPS) is 18.5. The quantitative estimate of drug-likeness (QED) is 0.395. The van der Waals surface area contributed by atoms with Crippen LogP contribution in [0.3, 0.4) is 0 Å². The fraction of sp³-hybridized carbons (Fsp3) is 0.455. The van der Waals surface area contributed by atoms with Gasteiger partial charge in [-0.2, -0.15) is 5.10 Å². The first-order valence-electron chi connectivity index (χ1n) is 10.6. The number of aromatic nitrogens is 2.